The number of carbonyl (C=O) groups is 1. The molecule has 0 aliphatic rings. The lowest BCUT2D eigenvalue weighted by Crippen LogP contribution is -2.29. The van der Waals surface area contributed by atoms with E-state index >= 15 is 0 Å². The molecule has 0 radical (unpaired) electrons. The van der Waals surface area contributed by atoms with Crippen molar-refractivity contribution in [1.29, 1.82) is 0 Å². The Morgan fingerprint density at radius 3 is 2.73 bits per heavy atom. The maximum Gasteiger partial charge on any atom is 0.271 e. The molecule has 66 valence electrons. The highest BCUT2D eigenvalue weighted by Crippen LogP contribution is 1.84. The molecular formula is C6H14N2O3. The standard InChI is InChI=1S/C6H14N2O3/c1-8(10-2)6(9)5-11-4-3-7/h3-5,7H2,1-2H3. The van der Waals surface area contributed by atoms with E-state index < -0.39 is 0 Å². The highest BCUT2D eigenvalue weighted by molar-refractivity contribution is 5.75. The number of carbonyl (C=O) groups excluding carboxylic acids is 1. The molecule has 0 aromatic carbocycles. The normalized spacial score (nSPS) is 9.73. The van der Waals surface area contributed by atoms with Crippen LogP contribution in [0.25, 0.3) is 0 Å². The smallest absolute Gasteiger partial charge is 0.271 e. The van der Waals surface area contributed by atoms with E-state index in [1.807, 2.05) is 0 Å². The molecule has 5 nitrogen and oxygen atoms in total. The van der Waals surface area contributed by atoms with Gasteiger partial charge >= 0.3 is 0 Å². The lowest BCUT2D eigenvalue weighted by molar-refractivity contribution is -0.173. The number of hydroxylamine groups is 2. The number of hydrogen-bond donors (Lipinski definition) is 1. The topological polar surface area (TPSA) is 64.8 Å². The second kappa shape index (κ2) is 6.09. The predicted molar refractivity (Wildman–Crippen MR) is 39.7 cm³/mol. The molecule has 0 aromatic heterocycles. The maximum absolute atomic E-state index is 10.9. The summed E-state index contributed by atoms with van der Waals surface area (Å²) in [6, 6.07) is 0. The van der Waals surface area contributed by atoms with E-state index in [-0.39, 0.29) is 12.5 Å². The van der Waals surface area contributed by atoms with E-state index in [9.17, 15) is 4.79 Å². The van der Waals surface area contributed by atoms with Crippen molar-refractivity contribution < 1.29 is 14.4 Å². The molecule has 0 aromatic rings. The largest absolute Gasteiger partial charge is 0.370 e. The van der Waals surface area contributed by atoms with Gasteiger partial charge in [-0.1, -0.05) is 0 Å². The summed E-state index contributed by atoms with van der Waals surface area (Å²) in [5.74, 6) is -0.221. The minimum Gasteiger partial charge on any atom is -0.370 e. The van der Waals surface area contributed by atoms with Crippen LogP contribution in [-0.4, -0.2) is 44.9 Å². The maximum atomic E-state index is 10.9. The van der Waals surface area contributed by atoms with Gasteiger partial charge in [0, 0.05) is 13.6 Å². The Morgan fingerprint density at radius 1 is 1.64 bits per heavy atom. The lowest BCUT2D eigenvalue weighted by Gasteiger charge is -2.12. The Kier molecular flexibility index (Phi) is 5.73. The van der Waals surface area contributed by atoms with Gasteiger partial charge in [-0.15, -0.1) is 0 Å². The van der Waals surface area contributed by atoms with Crippen molar-refractivity contribution in [3.05, 3.63) is 0 Å². The van der Waals surface area contributed by atoms with Crippen LogP contribution in [0.5, 0.6) is 0 Å². The van der Waals surface area contributed by atoms with E-state index in [2.05, 4.69) is 4.84 Å². The van der Waals surface area contributed by atoms with Gasteiger partial charge in [-0.3, -0.25) is 9.63 Å². The molecule has 0 atom stereocenters. The first-order chi connectivity index (χ1) is 5.22. The molecule has 0 aliphatic carbocycles. The molecule has 0 saturated carbocycles. The third-order valence-electron chi connectivity index (χ3n) is 1.11. The van der Waals surface area contributed by atoms with Crippen LogP contribution in [-0.2, 0) is 14.4 Å². The third kappa shape index (κ3) is 4.72. The second-order valence-corrected chi connectivity index (χ2v) is 1.92. The van der Waals surface area contributed by atoms with E-state index in [4.69, 9.17) is 10.5 Å². The van der Waals surface area contributed by atoms with Crippen molar-refractivity contribution in [2.45, 2.75) is 0 Å². The van der Waals surface area contributed by atoms with Crippen LogP contribution in [0.4, 0.5) is 0 Å². The van der Waals surface area contributed by atoms with Crippen LogP contribution >= 0.6 is 0 Å². The Bertz CT molecular complexity index is 118. The molecule has 11 heavy (non-hydrogen) atoms. The zero-order chi connectivity index (χ0) is 8.69. The molecule has 5 heteroatoms. The molecule has 0 aliphatic heterocycles. The molecular weight excluding hydrogens is 148 g/mol. The molecule has 0 fully saturated rings. The molecule has 2 N–H and O–H groups in total. The van der Waals surface area contributed by atoms with E-state index in [1.165, 1.54) is 14.2 Å². The van der Waals surface area contributed by atoms with Crippen molar-refractivity contribution in [3.63, 3.8) is 0 Å². The van der Waals surface area contributed by atoms with Crippen molar-refractivity contribution in [1.82, 2.24) is 5.06 Å². The Labute approximate surface area is 66.0 Å². The van der Waals surface area contributed by atoms with E-state index in [1.54, 1.807) is 0 Å². The number of rotatable bonds is 5. The van der Waals surface area contributed by atoms with Gasteiger partial charge in [-0.2, -0.15) is 0 Å². The molecule has 0 saturated heterocycles. The number of nitrogens with zero attached hydrogens (tertiary/aromatic N) is 1. The van der Waals surface area contributed by atoms with Gasteiger partial charge in [0.1, 0.15) is 6.61 Å². The number of amides is 1. The number of hydrogen-bond acceptors (Lipinski definition) is 4. The SMILES string of the molecule is CON(C)C(=O)COCCN. The first kappa shape index (κ1) is 10.3. The first-order valence-electron chi connectivity index (χ1n) is 3.30. The molecule has 0 rings (SSSR count). The van der Waals surface area contributed by atoms with Gasteiger partial charge in [-0.05, 0) is 0 Å². The van der Waals surface area contributed by atoms with Crippen molar-refractivity contribution >= 4 is 5.91 Å². The number of ether oxygens (including phenoxy) is 1. The minimum atomic E-state index is -0.221. The van der Waals surface area contributed by atoms with Gasteiger partial charge in [0.05, 0.1) is 13.7 Å². The summed E-state index contributed by atoms with van der Waals surface area (Å²) >= 11 is 0. The van der Waals surface area contributed by atoms with Gasteiger partial charge in [0.25, 0.3) is 5.91 Å². The predicted octanol–water partition coefficient (Wildman–Crippen LogP) is -1.02. The van der Waals surface area contributed by atoms with Gasteiger partial charge in [-0.25, -0.2) is 5.06 Å². The van der Waals surface area contributed by atoms with Gasteiger partial charge < -0.3 is 10.5 Å². The Balaban J connectivity index is 3.36. The van der Waals surface area contributed by atoms with E-state index in [0.717, 1.165) is 5.06 Å². The first-order valence-corrected chi connectivity index (χ1v) is 3.30. The minimum absolute atomic E-state index is 0.0154. The Hall–Kier alpha value is -0.650. The average molecular weight is 162 g/mol. The van der Waals surface area contributed by atoms with Crippen LogP contribution < -0.4 is 5.73 Å². The van der Waals surface area contributed by atoms with Crippen LogP contribution in [0.1, 0.15) is 0 Å². The summed E-state index contributed by atoms with van der Waals surface area (Å²) in [5.41, 5.74) is 5.14. The molecule has 1 amide bonds. The fourth-order valence-corrected chi connectivity index (χ4v) is 0.436. The van der Waals surface area contributed by atoms with Crippen molar-refractivity contribution in [2.24, 2.45) is 5.73 Å². The monoisotopic (exact) mass is 162 g/mol. The van der Waals surface area contributed by atoms with Gasteiger partial charge in [0.2, 0.25) is 0 Å². The highest BCUT2D eigenvalue weighted by Gasteiger charge is 2.06. The molecule has 0 unspecified atom stereocenters. The van der Waals surface area contributed by atoms with Crippen molar-refractivity contribution in [2.75, 3.05) is 33.9 Å². The summed E-state index contributed by atoms with van der Waals surface area (Å²) in [6.07, 6.45) is 0. The van der Waals surface area contributed by atoms with Crippen molar-refractivity contribution in [3.8, 4) is 0 Å². The molecule has 0 heterocycles. The summed E-state index contributed by atoms with van der Waals surface area (Å²) in [6.45, 7) is 0.828. The quantitative estimate of drug-likeness (QED) is 0.415. The zero-order valence-electron chi connectivity index (χ0n) is 6.87. The number of likely N-dealkylation sites (N-methyl/N-ethyl adjacent to an activating group) is 1. The van der Waals surface area contributed by atoms with Crippen LogP contribution in [0.15, 0.2) is 0 Å². The van der Waals surface area contributed by atoms with Gasteiger partial charge in [0.15, 0.2) is 0 Å². The van der Waals surface area contributed by atoms with Crippen LogP contribution in [0, 0.1) is 0 Å². The zero-order valence-corrected chi connectivity index (χ0v) is 6.87. The lowest BCUT2D eigenvalue weighted by atomic mass is 10.6. The molecule has 0 spiro atoms. The second-order valence-electron chi connectivity index (χ2n) is 1.92. The van der Waals surface area contributed by atoms with Crippen LogP contribution in [0.3, 0.4) is 0 Å². The summed E-state index contributed by atoms with van der Waals surface area (Å²) < 4.78 is 4.87. The average Bonchev–Trinajstić information content (AvgIpc) is 2.03. The summed E-state index contributed by atoms with van der Waals surface area (Å²) in [4.78, 5) is 15.5. The summed E-state index contributed by atoms with van der Waals surface area (Å²) in [7, 11) is 2.94. The highest BCUT2D eigenvalue weighted by atomic mass is 16.7. The third-order valence-corrected chi connectivity index (χ3v) is 1.11. The summed E-state index contributed by atoms with van der Waals surface area (Å²) in [5, 5.41) is 1.11. The molecule has 0 bridgehead atoms. The Morgan fingerprint density at radius 2 is 2.27 bits per heavy atom. The fraction of sp³-hybridized carbons (Fsp3) is 0.833. The number of nitrogens with two attached hydrogens (primary N) is 1. The van der Waals surface area contributed by atoms with E-state index in [0.29, 0.717) is 13.2 Å². The van der Waals surface area contributed by atoms with Crippen LogP contribution in [0.2, 0.25) is 0 Å². The fourth-order valence-electron chi connectivity index (χ4n) is 0.436.